The van der Waals surface area contributed by atoms with Crippen molar-refractivity contribution in [1.29, 1.82) is 0 Å². The second kappa shape index (κ2) is 6.47. The number of Topliss-reactive ketones (excluding diaryl/α,β-unsaturated/α-hetero) is 1. The Labute approximate surface area is 117 Å². The topological polar surface area (TPSA) is 71.1 Å². The standard InChI is InChI=1S/C15H15N3O2/c1-11(19)13-3-2-4-14(9-13)18-15(20)17-10-12-5-7-16-8-6-12/h2-9H,10H2,1H3,(H2,17,18,20). The van der Waals surface area contributed by atoms with Crippen LogP contribution in [0, 0.1) is 0 Å². The number of amides is 2. The average molecular weight is 269 g/mol. The van der Waals surface area contributed by atoms with Gasteiger partial charge in [-0.3, -0.25) is 9.78 Å². The van der Waals surface area contributed by atoms with E-state index < -0.39 is 0 Å². The van der Waals surface area contributed by atoms with Crippen molar-refractivity contribution in [3.8, 4) is 0 Å². The number of hydrogen-bond acceptors (Lipinski definition) is 3. The molecule has 1 heterocycles. The molecular formula is C15H15N3O2. The summed E-state index contributed by atoms with van der Waals surface area (Å²) < 4.78 is 0. The third-order valence-electron chi connectivity index (χ3n) is 2.73. The van der Waals surface area contributed by atoms with Crippen LogP contribution in [0.15, 0.2) is 48.8 Å². The molecule has 0 aliphatic heterocycles. The minimum Gasteiger partial charge on any atom is -0.334 e. The molecule has 0 aliphatic rings. The zero-order valence-corrected chi connectivity index (χ0v) is 11.1. The lowest BCUT2D eigenvalue weighted by atomic mass is 10.1. The lowest BCUT2D eigenvalue weighted by molar-refractivity contribution is 0.101. The highest BCUT2D eigenvalue weighted by Crippen LogP contribution is 2.11. The second-order valence-corrected chi connectivity index (χ2v) is 4.30. The SMILES string of the molecule is CC(=O)c1cccc(NC(=O)NCc2ccncc2)c1. The molecule has 0 saturated carbocycles. The monoisotopic (exact) mass is 269 g/mol. The van der Waals surface area contributed by atoms with Gasteiger partial charge in [0.2, 0.25) is 0 Å². The lowest BCUT2D eigenvalue weighted by Gasteiger charge is -2.08. The van der Waals surface area contributed by atoms with E-state index in [1.54, 1.807) is 36.7 Å². The molecule has 1 aromatic carbocycles. The Morgan fingerprint density at radius 2 is 1.90 bits per heavy atom. The summed E-state index contributed by atoms with van der Waals surface area (Å²) in [5, 5.41) is 5.42. The van der Waals surface area contributed by atoms with Gasteiger partial charge in [0.1, 0.15) is 0 Å². The van der Waals surface area contributed by atoms with Crippen molar-refractivity contribution in [3.05, 3.63) is 59.9 Å². The Kier molecular flexibility index (Phi) is 4.44. The first-order chi connectivity index (χ1) is 9.65. The fourth-order valence-corrected chi connectivity index (χ4v) is 1.67. The van der Waals surface area contributed by atoms with E-state index in [2.05, 4.69) is 15.6 Å². The number of nitrogens with zero attached hydrogens (tertiary/aromatic N) is 1. The fraction of sp³-hybridized carbons (Fsp3) is 0.133. The first-order valence-electron chi connectivity index (χ1n) is 6.20. The largest absolute Gasteiger partial charge is 0.334 e. The van der Waals surface area contributed by atoms with Crippen molar-refractivity contribution in [3.63, 3.8) is 0 Å². The van der Waals surface area contributed by atoms with Crippen LogP contribution in [0.3, 0.4) is 0 Å². The summed E-state index contributed by atoms with van der Waals surface area (Å²) >= 11 is 0. The van der Waals surface area contributed by atoms with Crippen LogP contribution in [-0.4, -0.2) is 16.8 Å². The number of nitrogens with one attached hydrogen (secondary N) is 2. The van der Waals surface area contributed by atoms with Crippen LogP contribution < -0.4 is 10.6 Å². The van der Waals surface area contributed by atoms with Crippen LogP contribution in [-0.2, 0) is 6.54 Å². The fourth-order valence-electron chi connectivity index (χ4n) is 1.67. The molecule has 0 spiro atoms. The minimum atomic E-state index is -0.317. The zero-order valence-electron chi connectivity index (χ0n) is 11.1. The zero-order chi connectivity index (χ0) is 14.4. The van der Waals surface area contributed by atoms with Crippen LogP contribution in [0.1, 0.15) is 22.8 Å². The van der Waals surface area contributed by atoms with Crippen LogP contribution >= 0.6 is 0 Å². The number of urea groups is 1. The molecule has 2 rings (SSSR count). The molecule has 0 unspecified atom stereocenters. The van der Waals surface area contributed by atoms with E-state index in [1.807, 2.05) is 12.1 Å². The maximum absolute atomic E-state index is 11.7. The molecule has 0 atom stereocenters. The van der Waals surface area contributed by atoms with E-state index in [4.69, 9.17) is 0 Å². The van der Waals surface area contributed by atoms with Gasteiger partial charge in [0.05, 0.1) is 0 Å². The number of carbonyl (C=O) groups is 2. The summed E-state index contributed by atoms with van der Waals surface area (Å²) in [6.07, 6.45) is 3.34. The molecule has 102 valence electrons. The van der Waals surface area contributed by atoms with E-state index in [-0.39, 0.29) is 11.8 Å². The molecule has 0 fully saturated rings. The maximum atomic E-state index is 11.7. The van der Waals surface area contributed by atoms with Gasteiger partial charge in [0.15, 0.2) is 5.78 Å². The van der Waals surface area contributed by atoms with Gasteiger partial charge in [-0.15, -0.1) is 0 Å². The number of rotatable bonds is 4. The number of pyridine rings is 1. The van der Waals surface area contributed by atoms with Gasteiger partial charge in [-0.25, -0.2) is 4.79 Å². The van der Waals surface area contributed by atoms with E-state index in [0.29, 0.717) is 17.8 Å². The quantitative estimate of drug-likeness (QED) is 0.838. The van der Waals surface area contributed by atoms with Gasteiger partial charge in [-0.05, 0) is 36.8 Å². The third kappa shape index (κ3) is 3.91. The molecule has 0 bridgehead atoms. The number of anilines is 1. The first kappa shape index (κ1) is 13.7. The van der Waals surface area contributed by atoms with E-state index in [1.165, 1.54) is 6.92 Å². The van der Waals surface area contributed by atoms with Crippen LogP contribution in [0.25, 0.3) is 0 Å². The molecule has 2 amide bonds. The predicted molar refractivity (Wildman–Crippen MR) is 76.5 cm³/mol. The van der Waals surface area contributed by atoms with E-state index in [0.717, 1.165) is 5.56 Å². The van der Waals surface area contributed by atoms with Crippen molar-refractivity contribution in [2.45, 2.75) is 13.5 Å². The Morgan fingerprint density at radius 1 is 1.15 bits per heavy atom. The Morgan fingerprint density at radius 3 is 2.60 bits per heavy atom. The summed E-state index contributed by atoms with van der Waals surface area (Å²) in [4.78, 5) is 26.9. The lowest BCUT2D eigenvalue weighted by Crippen LogP contribution is -2.28. The maximum Gasteiger partial charge on any atom is 0.319 e. The highest BCUT2D eigenvalue weighted by atomic mass is 16.2. The summed E-state index contributed by atoms with van der Waals surface area (Å²) in [5.74, 6) is -0.0363. The van der Waals surface area contributed by atoms with Crippen molar-refractivity contribution in [1.82, 2.24) is 10.3 Å². The summed E-state index contributed by atoms with van der Waals surface area (Å²) in [6, 6.07) is 10.2. The van der Waals surface area contributed by atoms with Crippen molar-refractivity contribution >= 4 is 17.5 Å². The van der Waals surface area contributed by atoms with Crippen molar-refractivity contribution < 1.29 is 9.59 Å². The van der Waals surface area contributed by atoms with Gasteiger partial charge < -0.3 is 10.6 Å². The highest BCUT2D eigenvalue weighted by molar-refractivity contribution is 5.96. The van der Waals surface area contributed by atoms with E-state index in [9.17, 15) is 9.59 Å². The number of ketones is 1. The average Bonchev–Trinajstić information content (AvgIpc) is 2.46. The van der Waals surface area contributed by atoms with Crippen LogP contribution in [0.4, 0.5) is 10.5 Å². The number of benzene rings is 1. The predicted octanol–water partition coefficient (Wildman–Crippen LogP) is 2.61. The second-order valence-electron chi connectivity index (χ2n) is 4.30. The van der Waals surface area contributed by atoms with Crippen LogP contribution in [0.2, 0.25) is 0 Å². The first-order valence-corrected chi connectivity index (χ1v) is 6.20. The van der Waals surface area contributed by atoms with Gasteiger partial charge in [-0.2, -0.15) is 0 Å². The van der Waals surface area contributed by atoms with E-state index >= 15 is 0 Å². The number of aromatic nitrogens is 1. The molecule has 0 saturated heterocycles. The highest BCUT2D eigenvalue weighted by Gasteiger charge is 2.04. The molecular weight excluding hydrogens is 254 g/mol. The van der Waals surface area contributed by atoms with Crippen molar-refractivity contribution in [2.24, 2.45) is 0 Å². The van der Waals surface area contributed by atoms with Crippen molar-refractivity contribution in [2.75, 3.05) is 5.32 Å². The molecule has 2 aromatic rings. The molecule has 5 heteroatoms. The summed E-state index contributed by atoms with van der Waals surface area (Å²) in [5.41, 5.74) is 2.12. The molecule has 0 radical (unpaired) electrons. The van der Waals surface area contributed by atoms with Gasteiger partial charge in [0.25, 0.3) is 0 Å². The number of carbonyl (C=O) groups excluding carboxylic acids is 2. The van der Waals surface area contributed by atoms with Gasteiger partial charge in [0, 0.05) is 30.2 Å². The summed E-state index contributed by atoms with van der Waals surface area (Å²) in [6.45, 7) is 1.91. The normalized spacial score (nSPS) is 9.85. The Hall–Kier alpha value is -2.69. The Balaban J connectivity index is 1.91. The molecule has 0 aliphatic carbocycles. The molecule has 20 heavy (non-hydrogen) atoms. The third-order valence-corrected chi connectivity index (χ3v) is 2.73. The number of hydrogen-bond donors (Lipinski definition) is 2. The van der Waals surface area contributed by atoms with Crippen LogP contribution in [0.5, 0.6) is 0 Å². The minimum absolute atomic E-state index is 0.0363. The molecule has 5 nitrogen and oxygen atoms in total. The summed E-state index contributed by atoms with van der Waals surface area (Å²) in [7, 11) is 0. The smallest absolute Gasteiger partial charge is 0.319 e. The molecule has 1 aromatic heterocycles. The molecule has 2 N–H and O–H groups in total. The van der Waals surface area contributed by atoms with Gasteiger partial charge in [-0.1, -0.05) is 12.1 Å². The Bertz CT molecular complexity index is 612. The van der Waals surface area contributed by atoms with Gasteiger partial charge >= 0.3 is 6.03 Å².